The van der Waals surface area contributed by atoms with Crippen molar-refractivity contribution in [2.75, 3.05) is 0 Å². The summed E-state index contributed by atoms with van der Waals surface area (Å²) in [5.74, 6) is 4.85. The molecule has 0 aromatic rings. The van der Waals surface area contributed by atoms with E-state index in [9.17, 15) is 4.79 Å². The normalized spacial score (nSPS) is 14.5. The fourth-order valence-corrected chi connectivity index (χ4v) is 6.17. The van der Waals surface area contributed by atoms with Gasteiger partial charge in [-0.15, -0.1) is 0 Å². The molecule has 0 spiro atoms. The number of hydrogen-bond donors (Lipinski definition) is 1. The third-order valence-electron chi connectivity index (χ3n) is 9.38. The van der Waals surface area contributed by atoms with E-state index in [0.29, 0.717) is 6.42 Å². The Morgan fingerprint density at radius 3 is 1.00 bits per heavy atom. The maximum atomic E-state index is 10.1. The van der Waals surface area contributed by atoms with E-state index in [0.717, 1.165) is 48.3 Å². The van der Waals surface area contributed by atoms with Gasteiger partial charge in [0.05, 0.1) is 0 Å². The van der Waals surface area contributed by atoms with Gasteiger partial charge in [-0.3, -0.25) is 4.79 Å². The molecule has 0 radical (unpaired) electrons. The summed E-state index contributed by atoms with van der Waals surface area (Å²) in [4.78, 5) is 10.1. The lowest BCUT2D eigenvalue weighted by molar-refractivity contribution is -0.137. The molecule has 42 heavy (non-hydrogen) atoms. The highest BCUT2D eigenvalue weighted by Crippen LogP contribution is 2.24. The van der Waals surface area contributed by atoms with Crippen LogP contribution in [0.1, 0.15) is 216 Å². The molecule has 0 saturated carbocycles. The number of carboxylic acid groups (broad SMARTS) is 1. The second-order valence-electron chi connectivity index (χ2n) is 15.5. The second kappa shape index (κ2) is 31.9. The molecule has 0 bridgehead atoms. The molecule has 4 atom stereocenters. The summed E-state index contributed by atoms with van der Waals surface area (Å²) in [5.41, 5.74) is 0. The van der Waals surface area contributed by atoms with Gasteiger partial charge in [-0.1, -0.05) is 204 Å². The van der Waals surface area contributed by atoms with Gasteiger partial charge in [-0.2, -0.15) is 0 Å². The minimum atomic E-state index is -0.663. The molecule has 2 heteroatoms. The van der Waals surface area contributed by atoms with Crippen molar-refractivity contribution in [3.8, 4) is 0 Å². The van der Waals surface area contributed by atoms with Crippen molar-refractivity contribution in [1.82, 2.24) is 0 Å². The molecular formula is C40H82O2. The van der Waals surface area contributed by atoms with Gasteiger partial charge >= 0.3 is 5.97 Å². The van der Waals surface area contributed by atoms with Crippen LogP contribution < -0.4 is 0 Å². The molecule has 0 amide bonds. The lowest BCUT2D eigenvalue weighted by atomic mass is 9.90. The zero-order chi connectivity index (χ0) is 32.0. The Kier molecular flexibility index (Phi) is 33.1. The largest absolute Gasteiger partial charge is 0.481 e. The van der Waals surface area contributed by atoms with Crippen molar-refractivity contribution in [2.45, 2.75) is 216 Å². The molecule has 0 aliphatic heterocycles. The number of hydrogen-bond acceptors (Lipinski definition) is 1. The van der Waals surface area contributed by atoms with E-state index in [-0.39, 0.29) is 0 Å². The van der Waals surface area contributed by atoms with Gasteiger partial charge in [-0.25, -0.2) is 0 Å². The summed E-state index contributed by atoms with van der Waals surface area (Å²) in [6.07, 6.45) is 31.8. The molecule has 254 valence electrons. The van der Waals surface area contributed by atoms with Crippen LogP contribution in [0.3, 0.4) is 0 Å². The van der Waals surface area contributed by atoms with E-state index in [1.54, 1.807) is 0 Å². The van der Waals surface area contributed by atoms with Crippen LogP contribution in [0, 0.1) is 35.5 Å². The molecule has 0 aliphatic carbocycles. The van der Waals surface area contributed by atoms with Gasteiger partial charge < -0.3 is 5.11 Å². The van der Waals surface area contributed by atoms with Crippen molar-refractivity contribution in [2.24, 2.45) is 35.5 Å². The molecule has 4 unspecified atom stereocenters. The maximum Gasteiger partial charge on any atom is 0.303 e. The molecule has 0 aromatic heterocycles. The van der Waals surface area contributed by atoms with Crippen LogP contribution in [0.25, 0.3) is 0 Å². The maximum absolute atomic E-state index is 10.1. The van der Waals surface area contributed by atoms with Gasteiger partial charge in [0.1, 0.15) is 0 Å². The first kappa shape index (κ1) is 43.6. The highest BCUT2D eigenvalue weighted by atomic mass is 16.4. The average molecular weight is 595 g/mol. The molecule has 1 N–H and O–H groups in total. The van der Waals surface area contributed by atoms with Crippen LogP contribution in [0.2, 0.25) is 0 Å². The second-order valence-corrected chi connectivity index (χ2v) is 15.5. The lowest BCUT2D eigenvalue weighted by Crippen LogP contribution is -2.01. The molecule has 0 saturated heterocycles. The van der Waals surface area contributed by atoms with Gasteiger partial charge in [0.2, 0.25) is 0 Å². The summed E-state index contributed by atoms with van der Waals surface area (Å²) in [6.45, 7) is 21.5. The smallest absolute Gasteiger partial charge is 0.303 e. The summed E-state index contributed by atoms with van der Waals surface area (Å²) in [5, 5.41) is 8.35. The minimum Gasteiger partial charge on any atom is -0.481 e. The van der Waals surface area contributed by atoms with Gasteiger partial charge in [0.25, 0.3) is 0 Å². The van der Waals surface area contributed by atoms with E-state index in [2.05, 4.69) is 62.3 Å². The molecule has 0 fully saturated rings. The summed E-state index contributed by atoms with van der Waals surface area (Å²) < 4.78 is 0. The average Bonchev–Trinajstić information content (AvgIpc) is 2.90. The molecular weight excluding hydrogens is 512 g/mol. The third kappa shape index (κ3) is 37.5. The number of aliphatic carboxylic acids is 1. The van der Waals surface area contributed by atoms with Crippen LogP contribution in [0.15, 0.2) is 0 Å². The predicted molar refractivity (Wildman–Crippen MR) is 190 cm³/mol. The fraction of sp³-hybridized carbons (Fsp3) is 0.975. The molecule has 2 nitrogen and oxygen atoms in total. The van der Waals surface area contributed by atoms with Crippen LogP contribution >= 0.6 is 0 Å². The molecule has 0 aliphatic rings. The Hall–Kier alpha value is -0.530. The topological polar surface area (TPSA) is 37.3 Å². The highest BCUT2D eigenvalue weighted by Gasteiger charge is 2.09. The van der Waals surface area contributed by atoms with E-state index in [4.69, 9.17) is 5.11 Å². The lowest BCUT2D eigenvalue weighted by Gasteiger charge is -2.16. The van der Waals surface area contributed by atoms with Crippen LogP contribution in [-0.4, -0.2) is 11.1 Å². The van der Waals surface area contributed by atoms with Crippen molar-refractivity contribution >= 4 is 5.97 Å². The Bertz CT molecular complexity index is 506. The Labute approximate surface area is 267 Å². The third-order valence-corrected chi connectivity index (χ3v) is 9.38. The van der Waals surface area contributed by atoms with E-state index in [1.165, 1.54) is 135 Å². The number of unbranched alkanes of at least 4 members (excludes halogenated alkanes) is 7. The van der Waals surface area contributed by atoms with E-state index < -0.39 is 5.97 Å². The van der Waals surface area contributed by atoms with Crippen LogP contribution in [0.5, 0.6) is 0 Å². The number of carbonyl (C=O) groups is 1. The zero-order valence-electron chi connectivity index (χ0n) is 30.8. The van der Waals surface area contributed by atoms with Crippen molar-refractivity contribution < 1.29 is 9.90 Å². The Morgan fingerprint density at radius 1 is 0.405 bits per heavy atom. The fourth-order valence-electron chi connectivity index (χ4n) is 6.17. The summed E-state index contributed by atoms with van der Waals surface area (Å²) in [7, 11) is 0. The first-order chi connectivity index (χ1) is 20.0. The first-order valence-electron chi connectivity index (χ1n) is 19.2. The Morgan fingerprint density at radius 2 is 0.690 bits per heavy atom. The van der Waals surface area contributed by atoms with Gasteiger partial charge in [-0.05, 0) is 41.9 Å². The van der Waals surface area contributed by atoms with Gasteiger partial charge in [0, 0.05) is 6.42 Å². The standard InChI is InChI=1S/C30H62.C10H20O2/c1-25(2)15-11-19-29(7)23-13-21-27(5)17-9-10-18-28(6)22-14-24-30(8)20-12-16-26(3)4;1-2-3-4-5-6-7-8-9-10(11)12/h25-30H,9-24H2,1-8H3;2-9H2,1H3,(H,11,12). The monoisotopic (exact) mass is 595 g/mol. The highest BCUT2D eigenvalue weighted by molar-refractivity contribution is 5.66. The first-order valence-corrected chi connectivity index (χ1v) is 19.2. The Balaban J connectivity index is 0. The molecule has 0 heterocycles. The predicted octanol–water partition coefficient (Wildman–Crippen LogP) is 14.3. The summed E-state index contributed by atoms with van der Waals surface area (Å²) >= 11 is 0. The molecule has 0 aromatic carbocycles. The number of rotatable bonds is 29. The zero-order valence-corrected chi connectivity index (χ0v) is 30.8. The minimum absolute atomic E-state index is 0.341. The van der Waals surface area contributed by atoms with Crippen molar-refractivity contribution in [3.63, 3.8) is 0 Å². The van der Waals surface area contributed by atoms with Crippen LogP contribution in [0.4, 0.5) is 0 Å². The van der Waals surface area contributed by atoms with E-state index >= 15 is 0 Å². The van der Waals surface area contributed by atoms with Crippen molar-refractivity contribution in [3.05, 3.63) is 0 Å². The quantitative estimate of drug-likeness (QED) is 0.0874. The van der Waals surface area contributed by atoms with Crippen molar-refractivity contribution in [1.29, 1.82) is 0 Å². The van der Waals surface area contributed by atoms with Crippen LogP contribution in [-0.2, 0) is 4.79 Å². The van der Waals surface area contributed by atoms with E-state index in [1.807, 2.05) is 0 Å². The number of carboxylic acids is 1. The molecule has 0 rings (SSSR count). The summed E-state index contributed by atoms with van der Waals surface area (Å²) in [6, 6.07) is 0. The van der Waals surface area contributed by atoms with Gasteiger partial charge in [0.15, 0.2) is 0 Å². The SMILES string of the molecule is CC(C)CCCC(C)CCCC(C)CCCCC(C)CCCC(C)CCCC(C)C.CCCCCCCCCC(=O)O.